The quantitative estimate of drug-likeness (QED) is 0.745. The molecule has 0 bridgehead atoms. The summed E-state index contributed by atoms with van der Waals surface area (Å²) in [6, 6.07) is 0.790. The van der Waals surface area contributed by atoms with Crippen LogP contribution in [0.2, 0.25) is 0 Å². The van der Waals surface area contributed by atoms with Crippen molar-refractivity contribution in [2.75, 3.05) is 12.3 Å². The average Bonchev–Trinajstić information content (AvgIpc) is 2.28. The van der Waals surface area contributed by atoms with Crippen LogP contribution >= 0.6 is 11.8 Å². The molecule has 2 heteroatoms. The zero-order valence-corrected chi connectivity index (χ0v) is 11.4. The highest BCUT2D eigenvalue weighted by Gasteiger charge is 2.24. The zero-order valence-electron chi connectivity index (χ0n) is 10.6. The van der Waals surface area contributed by atoms with Gasteiger partial charge in [0.1, 0.15) is 0 Å². The predicted octanol–water partition coefficient (Wildman–Crippen LogP) is 3.69. The van der Waals surface area contributed by atoms with Crippen molar-refractivity contribution >= 4 is 11.8 Å². The summed E-state index contributed by atoms with van der Waals surface area (Å²) in [6.07, 6.45) is 7.02. The van der Waals surface area contributed by atoms with Crippen molar-refractivity contribution in [1.82, 2.24) is 5.32 Å². The largest absolute Gasteiger partial charge is 0.313 e. The van der Waals surface area contributed by atoms with Gasteiger partial charge in [0.2, 0.25) is 0 Å². The molecule has 0 aromatic carbocycles. The molecular weight excluding hydrogens is 202 g/mol. The molecule has 1 aliphatic carbocycles. The number of thioether (sulfide) groups is 1. The van der Waals surface area contributed by atoms with Crippen molar-refractivity contribution in [2.24, 2.45) is 5.92 Å². The summed E-state index contributed by atoms with van der Waals surface area (Å²) < 4.78 is 0. The fourth-order valence-electron chi connectivity index (χ4n) is 2.20. The lowest BCUT2D eigenvalue weighted by Crippen LogP contribution is -2.40. The minimum Gasteiger partial charge on any atom is -0.313 e. The van der Waals surface area contributed by atoms with Gasteiger partial charge in [0.25, 0.3) is 0 Å². The molecule has 1 aliphatic rings. The third-order valence-electron chi connectivity index (χ3n) is 3.46. The van der Waals surface area contributed by atoms with Crippen LogP contribution in [0.3, 0.4) is 0 Å². The van der Waals surface area contributed by atoms with Gasteiger partial charge in [0.05, 0.1) is 0 Å². The molecule has 0 aromatic heterocycles. The van der Waals surface area contributed by atoms with Crippen molar-refractivity contribution in [3.05, 3.63) is 0 Å². The molecule has 0 aromatic rings. The van der Waals surface area contributed by atoms with E-state index >= 15 is 0 Å². The van der Waals surface area contributed by atoms with E-state index in [0.717, 1.165) is 23.8 Å². The van der Waals surface area contributed by atoms with Gasteiger partial charge in [-0.05, 0) is 31.1 Å². The van der Waals surface area contributed by atoms with Crippen molar-refractivity contribution in [1.29, 1.82) is 0 Å². The molecule has 0 saturated heterocycles. The van der Waals surface area contributed by atoms with Gasteiger partial charge in [-0.15, -0.1) is 0 Å². The van der Waals surface area contributed by atoms with Crippen LogP contribution in [0.1, 0.15) is 52.9 Å². The highest BCUT2D eigenvalue weighted by molar-refractivity contribution is 7.99. The molecule has 1 N–H and O–H groups in total. The zero-order chi connectivity index (χ0) is 11.1. The van der Waals surface area contributed by atoms with Crippen LogP contribution in [0.4, 0.5) is 0 Å². The minimum absolute atomic E-state index is 0.790. The van der Waals surface area contributed by atoms with E-state index in [0.29, 0.717) is 0 Å². The lowest BCUT2D eigenvalue weighted by molar-refractivity contribution is 0.390. The second-order valence-corrected chi connectivity index (χ2v) is 6.11. The Hall–Kier alpha value is 0.310. The Morgan fingerprint density at radius 3 is 2.67 bits per heavy atom. The average molecular weight is 229 g/mol. The third kappa shape index (κ3) is 4.78. The summed E-state index contributed by atoms with van der Waals surface area (Å²) in [6.45, 7) is 8.03. The van der Waals surface area contributed by atoms with Crippen LogP contribution in [0.5, 0.6) is 0 Å². The first-order valence-corrected chi connectivity index (χ1v) is 7.67. The number of rotatable bonds is 6. The SMILES string of the molecule is CCNC1CCCCC1SCC(C)CC. The molecule has 3 unspecified atom stereocenters. The van der Waals surface area contributed by atoms with Crippen LogP contribution in [0.15, 0.2) is 0 Å². The Morgan fingerprint density at radius 2 is 2.00 bits per heavy atom. The Morgan fingerprint density at radius 1 is 1.27 bits per heavy atom. The van der Waals surface area contributed by atoms with Crippen LogP contribution in [0.25, 0.3) is 0 Å². The van der Waals surface area contributed by atoms with Crippen molar-refractivity contribution in [2.45, 2.75) is 64.2 Å². The van der Waals surface area contributed by atoms with E-state index in [4.69, 9.17) is 0 Å². The summed E-state index contributed by atoms with van der Waals surface area (Å²) in [5, 5.41) is 4.54. The summed E-state index contributed by atoms with van der Waals surface area (Å²) in [5.74, 6) is 2.24. The second kappa shape index (κ2) is 7.56. The minimum atomic E-state index is 0.790. The van der Waals surface area contributed by atoms with Gasteiger partial charge in [0, 0.05) is 11.3 Å². The Labute approximate surface area is 99.8 Å². The Bertz CT molecular complexity index is 159. The summed E-state index contributed by atoms with van der Waals surface area (Å²) in [7, 11) is 0. The van der Waals surface area contributed by atoms with Crippen LogP contribution in [-0.2, 0) is 0 Å². The molecule has 0 radical (unpaired) electrons. The first kappa shape index (κ1) is 13.4. The highest BCUT2D eigenvalue weighted by Crippen LogP contribution is 2.30. The van der Waals surface area contributed by atoms with Gasteiger partial charge in [-0.3, -0.25) is 0 Å². The summed E-state index contributed by atoms with van der Waals surface area (Å²) in [4.78, 5) is 0. The van der Waals surface area contributed by atoms with E-state index in [-0.39, 0.29) is 0 Å². The first-order chi connectivity index (χ1) is 7.27. The van der Waals surface area contributed by atoms with E-state index in [1.807, 2.05) is 0 Å². The second-order valence-electron chi connectivity index (χ2n) is 4.83. The fourth-order valence-corrected chi connectivity index (χ4v) is 3.81. The van der Waals surface area contributed by atoms with Crippen molar-refractivity contribution in [3.8, 4) is 0 Å². The molecule has 0 heterocycles. The van der Waals surface area contributed by atoms with Gasteiger partial charge in [-0.25, -0.2) is 0 Å². The van der Waals surface area contributed by atoms with E-state index < -0.39 is 0 Å². The highest BCUT2D eigenvalue weighted by atomic mass is 32.2. The normalized spacial score (nSPS) is 29.0. The van der Waals surface area contributed by atoms with Gasteiger partial charge < -0.3 is 5.32 Å². The molecule has 1 saturated carbocycles. The van der Waals surface area contributed by atoms with Gasteiger partial charge in [0.15, 0.2) is 0 Å². The van der Waals surface area contributed by atoms with Crippen molar-refractivity contribution < 1.29 is 0 Å². The first-order valence-electron chi connectivity index (χ1n) is 6.62. The maximum Gasteiger partial charge on any atom is 0.0201 e. The van der Waals surface area contributed by atoms with E-state index in [9.17, 15) is 0 Å². The maximum atomic E-state index is 3.66. The molecule has 0 spiro atoms. The monoisotopic (exact) mass is 229 g/mol. The summed E-state index contributed by atoms with van der Waals surface area (Å²) >= 11 is 2.22. The molecule has 3 atom stereocenters. The number of nitrogens with one attached hydrogen (secondary N) is 1. The van der Waals surface area contributed by atoms with Crippen LogP contribution in [0, 0.1) is 5.92 Å². The molecule has 0 amide bonds. The molecule has 0 aliphatic heterocycles. The standard InChI is InChI=1S/C13H27NS/c1-4-11(3)10-15-13-9-7-6-8-12(13)14-5-2/h11-14H,4-10H2,1-3H3. The third-order valence-corrected chi connectivity index (χ3v) is 5.21. The maximum absolute atomic E-state index is 3.66. The van der Waals surface area contributed by atoms with Gasteiger partial charge >= 0.3 is 0 Å². The molecule has 1 nitrogen and oxygen atoms in total. The molecule has 1 rings (SSSR count). The lowest BCUT2D eigenvalue weighted by atomic mass is 9.95. The fraction of sp³-hybridized carbons (Fsp3) is 1.00. The molecule has 15 heavy (non-hydrogen) atoms. The van der Waals surface area contributed by atoms with E-state index in [1.165, 1.54) is 37.9 Å². The van der Waals surface area contributed by atoms with Gasteiger partial charge in [-0.1, -0.05) is 40.0 Å². The van der Waals surface area contributed by atoms with Gasteiger partial charge in [-0.2, -0.15) is 11.8 Å². The van der Waals surface area contributed by atoms with Crippen LogP contribution < -0.4 is 5.32 Å². The predicted molar refractivity (Wildman–Crippen MR) is 71.6 cm³/mol. The van der Waals surface area contributed by atoms with Crippen molar-refractivity contribution in [3.63, 3.8) is 0 Å². The number of hydrogen-bond donors (Lipinski definition) is 1. The topological polar surface area (TPSA) is 12.0 Å². The Kier molecular flexibility index (Phi) is 6.74. The smallest absolute Gasteiger partial charge is 0.0201 e. The molecule has 90 valence electrons. The number of hydrogen-bond acceptors (Lipinski definition) is 2. The molecule has 1 fully saturated rings. The lowest BCUT2D eigenvalue weighted by Gasteiger charge is -2.32. The van der Waals surface area contributed by atoms with E-state index in [1.54, 1.807) is 0 Å². The summed E-state index contributed by atoms with van der Waals surface area (Å²) in [5.41, 5.74) is 0. The molecular formula is C13H27NS. The van der Waals surface area contributed by atoms with Crippen LogP contribution in [-0.4, -0.2) is 23.6 Å². The Balaban J connectivity index is 2.28. The van der Waals surface area contributed by atoms with E-state index in [2.05, 4.69) is 37.8 Å².